The Labute approximate surface area is 205 Å². The molecule has 168 valence electrons. The van der Waals surface area contributed by atoms with Gasteiger partial charge in [0.05, 0.1) is 28.1 Å². The average molecular weight is 515 g/mol. The fraction of sp³-hybridized carbons (Fsp3) is 0.0741. The van der Waals surface area contributed by atoms with E-state index in [4.69, 9.17) is 9.47 Å². The molecule has 0 spiro atoms. The van der Waals surface area contributed by atoms with E-state index >= 15 is 0 Å². The predicted molar refractivity (Wildman–Crippen MR) is 136 cm³/mol. The van der Waals surface area contributed by atoms with Crippen molar-refractivity contribution in [2.45, 2.75) is 6.61 Å². The van der Waals surface area contributed by atoms with Gasteiger partial charge in [0.25, 0.3) is 5.69 Å². The van der Waals surface area contributed by atoms with Gasteiger partial charge in [0.2, 0.25) is 0 Å². The number of nitrogens with zero attached hydrogens (tertiary/aromatic N) is 2. The third-order valence-corrected chi connectivity index (χ3v) is 5.89. The fourth-order valence-corrected chi connectivity index (χ4v) is 4.24. The third-order valence-electron chi connectivity index (χ3n) is 5.30. The van der Waals surface area contributed by atoms with Gasteiger partial charge in [0, 0.05) is 12.1 Å². The van der Waals surface area contributed by atoms with Crippen LogP contribution < -0.4 is 9.47 Å². The Morgan fingerprint density at radius 1 is 1.09 bits per heavy atom. The first-order chi connectivity index (χ1) is 16.5. The summed E-state index contributed by atoms with van der Waals surface area (Å²) in [6, 6.07) is 25.9. The number of hydrogen-bond donors (Lipinski definition) is 0. The molecule has 0 aliphatic rings. The van der Waals surface area contributed by atoms with E-state index in [1.807, 2.05) is 30.3 Å². The number of nitro benzene ring substituents is 1. The largest absolute Gasteiger partial charge is 0.493 e. The Morgan fingerprint density at radius 2 is 1.85 bits per heavy atom. The van der Waals surface area contributed by atoms with Crippen LogP contribution in [0.1, 0.15) is 16.7 Å². The molecule has 0 heterocycles. The lowest BCUT2D eigenvalue weighted by molar-refractivity contribution is -0.384. The molecule has 0 N–H and O–H groups in total. The zero-order valence-corrected chi connectivity index (χ0v) is 19.8. The SMILES string of the molecule is COc1cc(/C=C(\C#N)c2cccc([N+](=O)[O-])c2)cc(Br)c1OCc1cccc2ccccc12. The molecular formula is C27H19BrN2O4. The summed E-state index contributed by atoms with van der Waals surface area (Å²) in [5.41, 5.74) is 2.41. The van der Waals surface area contributed by atoms with Gasteiger partial charge in [-0.2, -0.15) is 5.26 Å². The van der Waals surface area contributed by atoms with E-state index in [0.29, 0.717) is 39.3 Å². The second kappa shape index (κ2) is 10.2. The van der Waals surface area contributed by atoms with Crippen LogP contribution in [0.3, 0.4) is 0 Å². The molecule has 4 aromatic rings. The van der Waals surface area contributed by atoms with Gasteiger partial charge in [-0.25, -0.2) is 0 Å². The van der Waals surface area contributed by atoms with Crippen LogP contribution in [-0.2, 0) is 6.61 Å². The summed E-state index contributed by atoms with van der Waals surface area (Å²) in [4.78, 5) is 10.6. The molecule has 0 unspecified atom stereocenters. The Hall–Kier alpha value is -4.15. The summed E-state index contributed by atoms with van der Waals surface area (Å²) in [5.74, 6) is 1.04. The second-order valence-corrected chi connectivity index (χ2v) is 8.29. The monoisotopic (exact) mass is 514 g/mol. The molecule has 4 rings (SSSR count). The van der Waals surface area contributed by atoms with Crippen LogP contribution in [0.25, 0.3) is 22.4 Å². The van der Waals surface area contributed by atoms with Gasteiger partial charge in [-0.1, -0.05) is 54.6 Å². The number of halogens is 1. The first-order valence-electron chi connectivity index (χ1n) is 10.3. The van der Waals surface area contributed by atoms with Crippen LogP contribution in [0.5, 0.6) is 11.5 Å². The highest BCUT2D eigenvalue weighted by Crippen LogP contribution is 2.38. The standard InChI is InChI=1S/C27H19BrN2O4/c1-33-26-14-18(12-22(16-29)20-8-5-10-23(15-20)30(31)32)13-25(28)27(26)34-17-21-9-4-7-19-6-2-3-11-24(19)21/h2-15H,17H2,1H3/b22-12+. The van der Waals surface area contributed by atoms with Crippen molar-refractivity contribution in [2.75, 3.05) is 7.11 Å². The van der Waals surface area contributed by atoms with Crippen LogP contribution in [0, 0.1) is 21.4 Å². The Morgan fingerprint density at radius 3 is 2.62 bits per heavy atom. The molecule has 0 aliphatic carbocycles. The highest BCUT2D eigenvalue weighted by Gasteiger charge is 2.14. The number of fused-ring (bicyclic) bond motifs is 1. The topological polar surface area (TPSA) is 85.4 Å². The predicted octanol–water partition coefficient (Wildman–Crippen LogP) is 7.16. The van der Waals surface area contributed by atoms with E-state index in [-0.39, 0.29) is 5.69 Å². The summed E-state index contributed by atoms with van der Waals surface area (Å²) < 4.78 is 12.4. The molecule has 0 radical (unpaired) electrons. The van der Waals surface area contributed by atoms with Gasteiger partial charge < -0.3 is 9.47 Å². The maximum Gasteiger partial charge on any atom is 0.270 e. The van der Waals surface area contributed by atoms with E-state index in [2.05, 4.69) is 40.2 Å². The van der Waals surface area contributed by atoms with Crippen LogP contribution in [0.15, 0.2) is 83.3 Å². The molecule has 0 amide bonds. The molecule has 0 bridgehead atoms. The van der Waals surface area contributed by atoms with Crippen molar-refractivity contribution in [1.82, 2.24) is 0 Å². The fourth-order valence-electron chi connectivity index (χ4n) is 3.67. The smallest absolute Gasteiger partial charge is 0.270 e. The number of hydrogen-bond acceptors (Lipinski definition) is 5. The Bertz CT molecular complexity index is 1450. The van der Waals surface area contributed by atoms with Crippen LogP contribution >= 0.6 is 15.9 Å². The average Bonchev–Trinajstić information content (AvgIpc) is 2.86. The summed E-state index contributed by atoms with van der Waals surface area (Å²) in [5, 5.41) is 23.0. The van der Waals surface area contributed by atoms with Gasteiger partial charge in [-0.05, 0) is 61.6 Å². The molecule has 34 heavy (non-hydrogen) atoms. The highest BCUT2D eigenvalue weighted by atomic mass is 79.9. The maximum absolute atomic E-state index is 11.1. The zero-order chi connectivity index (χ0) is 24.1. The van der Waals surface area contributed by atoms with E-state index in [1.54, 1.807) is 31.4 Å². The molecule has 0 aliphatic heterocycles. The number of allylic oxidation sites excluding steroid dienone is 1. The lowest BCUT2D eigenvalue weighted by Crippen LogP contribution is -2.00. The molecule has 0 saturated carbocycles. The lowest BCUT2D eigenvalue weighted by Gasteiger charge is -2.15. The van der Waals surface area contributed by atoms with Crippen molar-refractivity contribution >= 4 is 44.0 Å². The van der Waals surface area contributed by atoms with Gasteiger partial charge in [-0.15, -0.1) is 0 Å². The van der Waals surface area contributed by atoms with Crippen molar-refractivity contribution in [3.63, 3.8) is 0 Å². The molecule has 4 aromatic carbocycles. The quantitative estimate of drug-likeness (QED) is 0.113. The summed E-state index contributed by atoms with van der Waals surface area (Å²) in [6.45, 7) is 0.350. The normalized spacial score (nSPS) is 11.1. The molecular weight excluding hydrogens is 496 g/mol. The van der Waals surface area contributed by atoms with Crippen molar-refractivity contribution in [3.8, 4) is 17.6 Å². The van der Waals surface area contributed by atoms with Gasteiger partial charge in [0.15, 0.2) is 11.5 Å². The minimum Gasteiger partial charge on any atom is -0.493 e. The van der Waals surface area contributed by atoms with E-state index in [9.17, 15) is 15.4 Å². The summed E-state index contributed by atoms with van der Waals surface area (Å²) in [6.07, 6.45) is 1.65. The zero-order valence-electron chi connectivity index (χ0n) is 18.2. The van der Waals surface area contributed by atoms with Gasteiger partial charge in [0.1, 0.15) is 6.61 Å². The first-order valence-corrected chi connectivity index (χ1v) is 11.1. The number of ether oxygens (including phenoxy) is 2. The molecule has 0 atom stereocenters. The molecule has 0 saturated heterocycles. The van der Waals surface area contributed by atoms with Crippen LogP contribution in [-0.4, -0.2) is 12.0 Å². The molecule has 0 aromatic heterocycles. The van der Waals surface area contributed by atoms with Crippen LogP contribution in [0.2, 0.25) is 0 Å². The molecule has 0 fully saturated rings. The number of benzene rings is 4. The van der Waals surface area contributed by atoms with E-state index in [0.717, 1.165) is 16.3 Å². The summed E-state index contributed by atoms with van der Waals surface area (Å²) >= 11 is 3.55. The van der Waals surface area contributed by atoms with Crippen molar-refractivity contribution in [1.29, 1.82) is 5.26 Å². The number of non-ortho nitro benzene ring substituents is 1. The number of nitriles is 1. The number of methoxy groups -OCH3 is 1. The maximum atomic E-state index is 11.1. The summed E-state index contributed by atoms with van der Waals surface area (Å²) in [7, 11) is 1.55. The highest BCUT2D eigenvalue weighted by molar-refractivity contribution is 9.10. The van der Waals surface area contributed by atoms with Crippen molar-refractivity contribution in [3.05, 3.63) is 110 Å². The number of rotatable bonds is 7. The first kappa shape index (κ1) is 23.0. The van der Waals surface area contributed by atoms with E-state index < -0.39 is 4.92 Å². The van der Waals surface area contributed by atoms with Gasteiger partial charge >= 0.3 is 0 Å². The van der Waals surface area contributed by atoms with Gasteiger partial charge in [-0.3, -0.25) is 10.1 Å². The molecule has 7 heteroatoms. The lowest BCUT2D eigenvalue weighted by atomic mass is 10.0. The Kier molecular flexibility index (Phi) is 6.90. The minimum absolute atomic E-state index is 0.0744. The van der Waals surface area contributed by atoms with Crippen molar-refractivity contribution < 1.29 is 14.4 Å². The van der Waals surface area contributed by atoms with E-state index in [1.165, 1.54) is 12.1 Å². The van der Waals surface area contributed by atoms with Crippen LogP contribution in [0.4, 0.5) is 5.69 Å². The second-order valence-electron chi connectivity index (χ2n) is 7.44. The van der Waals surface area contributed by atoms with Crippen molar-refractivity contribution in [2.24, 2.45) is 0 Å². The number of nitro groups is 1. The minimum atomic E-state index is -0.486. The third kappa shape index (κ3) is 4.92. The Balaban J connectivity index is 1.64. The molecule has 6 nitrogen and oxygen atoms in total.